The molecule has 1 N–H and O–H groups in total. The number of benzene rings is 1. The van der Waals surface area contributed by atoms with Crippen molar-refractivity contribution in [3.05, 3.63) is 35.9 Å². The van der Waals surface area contributed by atoms with Gasteiger partial charge in [-0.2, -0.15) is 0 Å². The van der Waals surface area contributed by atoms with E-state index in [0.29, 0.717) is 6.61 Å². The molecule has 0 heterocycles. The van der Waals surface area contributed by atoms with Crippen molar-refractivity contribution in [3.63, 3.8) is 0 Å². The van der Waals surface area contributed by atoms with E-state index in [2.05, 4.69) is 5.32 Å². The Kier molecular flexibility index (Phi) is 3.97. The maximum Gasteiger partial charge on any atom is 0.333 e. The molecule has 2 rings (SSSR count). The number of rotatable bonds is 5. The largest absolute Gasteiger partial charge is 0.464 e. The Morgan fingerprint density at radius 2 is 2.00 bits per heavy atom. The second-order valence-corrected chi connectivity index (χ2v) is 4.38. The van der Waals surface area contributed by atoms with Gasteiger partial charge in [0.2, 0.25) is 5.91 Å². The number of amides is 1. The van der Waals surface area contributed by atoms with Crippen LogP contribution in [0.25, 0.3) is 0 Å². The first-order valence-corrected chi connectivity index (χ1v) is 6.24. The predicted molar refractivity (Wildman–Crippen MR) is 66.7 cm³/mol. The quantitative estimate of drug-likeness (QED) is 0.807. The molecule has 0 spiro atoms. The highest BCUT2D eigenvalue weighted by Gasteiger charge is 2.33. The number of esters is 1. The zero-order valence-electron chi connectivity index (χ0n) is 10.4. The Bertz CT molecular complexity index is 426. The van der Waals surface area contributed by atoms with Crippen LogP contribution in [0.1, 0.15) is 31.4 Å². The highest BCUT2D eigenvalue weighted by Crippen LogP contribution is 2.30. The molecular weight excluding hydrogens is 230 g/mol. The Balaban J connectivity index is 2.11. The molecule has 0 saturated heterocycles. The number of nitrogens with one attached hydrogen (secondary N) is 1. The number of ether oxygens (including phenoxy) is 1. The lowest BCUT2D eigenvalue weighted by Crippen LogP contribution is -2.35. The van der Waals surface area contributed by atoms with Gasteiger partial charge < -0.3 is 10.1 Å². The lowest BCUT2D eigenvalue weighted by molar-refractivity contribution is -0.147. The molecular formula is C14H17NO3. The highest BCUT2D eigenvalue weighted by molar-refractivity contribution is 5.87. The number of carbonyl (C=O) groups is 2. The van der Waals surface area contributed by atoms with Crippen LogP contribution in [0.4, 0.5) is 0 Å². The van der Waals surface area contributed by atoms with Crippen LogP contribution in [0.2, 0.25) is 0 Å². The fourth-order valence-electron chi connectivity index (χ4n) is 1.76. The van der Waals surface area contributed by atoms with Crippen LogP contribution in [0.15, 0.2) is 30.3 Å². The third-order valence-corrected chi connectivity index (χ3v) is 2.89. The van der Waals surface area contributed by atoms with Crippen molar-refractivity contribution in [1.82, 2.24) is 5.32 Å². The molecule has 1 aromatic carbocycles. The summed E-state index contributed by atoms with van der Waals surface area (Å²) in [7, 11) is 0. The van der Waals surface area contributed by atoms with Crippen molar-refractivity contribution in [3.8, 4) is 0 Å². The van der Waals surface area contributed by atoms with Gasteiger partial charge in [0, 0.05) is 5.92 Å². The predicted octanol–water partition coefficient (Wildman–Crippen LogP) is 1.82. The number of hydrogen-bond acceptors (Lipinski definition) is 3. The summed E-state index contributed by atoms with van der Waals surface area (Å²) < 4.78 is 5.01. The first kappa shape index (κ1) is 12.6. The first-order valence-electron chi connectivity index (χ1n) is 6.24. The van der Waals surface area contributed by atoms with Crippen LogP contribution in [0.5, 0.6) is 0 Å². The molecule has 1 aliphatic carbocycles. The van der Waals surface area contributed by atoms with Gasteiger partial charge in [-0.3, -0.25) is 4.79 Å². The Hall–Kier alpha value is -1.84. The van der Waals surface area contributed by atoms with E-state index in [4.69, 9.17) is 4.74 Å². The van der Waals surface area contributed by atoms with Gasteiger partial charge in [-0.05, 0) is 25.3 Å². The summed E-state index contributed by atoms with van der Waals surface area (Å²) in [6.07, 6.45) is 1.83. The van der Waals surface area contributed by atoms with Crippen molar-refractivity contribution in [2.24, 2.45) is 5.92 Å². The van der Waals surface area contributed by atoms with E-state index >= 15 is 0 Å². The molecule has 0 aliphatic heterocycles. The van der Waals surface area contributed by atoms with Crippen LogP contribution >= 0.6 is 0 Å². The van der Waals surface area contributed by atoms with Gasteiger partial charge in [-0.1, -0.05) is 30.3 Å². The molecule has 1 saturated carbocycles. The molecule has 1 fully saturated rings. The molecule has 1 aliphatic rings. The molecule has 0 aromatic heterocycles. The lowest BCUT2D eigenvalue weighted by Gasteiger charge is -2.17. The number of carbonyl (C=O) groups excluding carboxylic acids is 2. The maximum atomic E-state index is 11.9. The molecule has 1 unspecified atom stereocenters. The van der Waals surface area contributed by atoms with Gasteiger partial charge in [0.25, 0.3) is 0 Å². The lowest BCUT2D eigenvalue weighted by atomic mass is 10.1. The minimum Gasteiger partial charge on any atom is -0.464 e. The third-order valence-electron chi connectivity index (χ3n) is 2.89. The van der Waals surface area contributed by atoms with Gasteiger partial charge in [-0.25, -0.2) is 4.79 Å². The van der Waals surface area contributed by atoms with Crippen molar-refractivity contribution in [2.45, 2.75) is 25.8 Å². The molecule has 1 aromatic rings. The average Bonchev–Trinajstić information content (AvgIpc) is 3.21. The van der Waals surface area contributed by atoms with Gasteiger partial charge in [-0.15, -0.1) is 0 Å². The molecule has 18 heavy (non-hydrogen) atoms. The van der Waals surface area contributed by atoms with Crippen molar-refractivity contribution in [2.75, 3.05) is 6.61 Å². The highest BCUT2D eigenvalue weighted by atomic mass is 16.5. The zero-order chi connectivity index (χ0) is 13.0. The second kappa shape index (κ2) is 5.67. The summed E-state index contributed by atoms with van der Waals surface area (Å²) in [4.78, 5) is 23.7. The van der Waals surface area contributed by atoms with Crippen LogP contribution in [0.3, 0.4) is 0 Å². The van der Waals surface area contributed by atoms with Crippen molar-refractivity contribution < 1.29 is 14.3 Å². The minimum atomic E-state index is -0.695. The Morgan fingerprint density at radius 1 is 1.33 bits per heavy atom. The van der Waals surface area contributed by atoms with Crippen LogP contribution in [-0.4, -0.2) is 18.5 Å². The number of hydrogen-bond donors (Lipinski definition) is 1. The standard InChI is InChI=1S/C14H17NO3/c1-2-18-14(17)12(10-6-4-3-5-7-10)15-13(16)11-8-9-11/h3-7,11-12H,2,8-9H2,1H3,(H,15,16). The normalized spacial score (nSPS) is 15.8. The van der Waals surface area contributed by atoms with E-state index in [-0.39, 0.29) is 11.8 Å². The zero-order valence-corrected chi connectivity index (χ0v) is 10.4. The van der Waals surface area contributed by atoms with Crippen LogP contribution < -0.4 is 5.32 Å². The molecule has 4 heteroatoms. The smallest absolute Gasteiger partial charge is 0.333 e. The van der Waals surface area contributed by atoms with Gasteiger partial charge in [0.1, 0.15) is 0 Å². The summed E-state index contributed by atoms with van der Waals surface area (Å²) >= 11 is 0. The van der Waals surface area contributed by atoms with E-state index in [9.17, 15) is 9.59 Å². The molecule has 4 nitrogen and oxygen atoms in total. The van der Waals surface area contributed by atoms with Gasteiger partial charge in [0.05, 0.1) is 6.61 Å². The van der Waals surface area contributed by atoms with E-state index < -0.39 is 12.0 Å². The minimum absolute atomic E-state index is 0.0584. The summed E-state index contributed by atoms with van der Waals surface area (Å²) in [6, 6.07) is 8.48. The topological polar surface area (TPSA) is 55.4 Å². The average molecular weight is 247 g/mol. The fraction of sp³-hybridized carbons (Fsp3) is 0.429. The summed E-state index contributed by atoms with van der Waals surface area (Å²) in [6.45, 7) is 2.06. The third kappa shape index (κ3) is 3.09. The van der Waals surface area contributed by atoms with E-state index in [1.54, 1.807) is 6.92 Å². The van der Waals surface area contributed by atoms with E-state index in [0.717, 1.165) is 18.4 Å². The van der Waals surface area contributed by atoms with E-state index in [1.165, 1.54) is 0 Å². The van der Waals surface area contributed by atoms with Gasteiger partial charge in [0.15, 0.2) is 6.04 Å². The first-order chi connectivity index (χ1) is 8.72. The molecule has 0 radical (unpaired) electrons. The Morgan fingerprint density at radius 3 is 2.56 bits per heavy atom. The monoisotopic (exact) mass is 247 g/mol. The molecule has 1 atom stereocenters. The second-order valence-electron chi connectivity index (χ2n) is 4.38. The van der Waals surface area contributed by atoms with Gasteiger partial charge >= 0.3 is 5.97 Å². The molecule has 1 amide bonds. The summed E-state index contributed by atoms with van der Waals surface area (Å²) in [5.41, 5.74) is 0.755. The molecule has 96 valence electrons. The van der Waals surface area contributed by atoms with Crippen molar-refractivity contribution in [1.29, 1.82) is 0 Å². The summed E-state index contributed by atoms with van der Waals surface area (Å²) in [5.74, 6) is -0.389. The van der Waals surface area contributed by atoms with Crippen molar-refractivity contribution >= 4 is 11.9 Å². The van der Waals surface area contributed by atoms with E-state index in [1.807, 2.05) is 30.3 Å². The Labute approximate surface area is 106 Å². The van der Waals surface area contributed by atoms with Crippen LogP contribution in [0, 0.1) is 5.92 Å². The SMILES string of the molecule is CCOC(=O)C(NC(=O)C1CC1)c1ccccc1. The molecule has 0 bridgehead atoms. The maximum absolute atomic E-state index is 11.9. The summed E-state index contributed by atoms with van der Waals surface area (Å²) in [5, 5.41) is 2.77. The fourth-order valence-corrected chi connectivity index (χ4v) is 1.76. The van der Waals surface area contributed by atoms with Crippen LogP contribution in [-0.2, 0) is 14.3 Å².